The Morgan fingerprint density at radius 1 is 0.889 bits per heavy atom. The van der Waals surface area contributed by atoms with Crippen molar-refractivity contribution in [3.8, 4) is 11.3 Å². The van der Waals surface area contributed by atoms with E-state index in [1.165, 1.54) is 27.8 Å². The molecule has 4 nitrogen and oxygen atoms in total. The van der Waals surface area contributed by atoms with Gasteiger partial charge in [0.05, 0.1) is 11.9 Å². The van der Waals surface area contributed by atoms with Crippen LogP contribution in [0, 0.1) is 13.8 Å². The lowest BCUT2D eigenvalue weighted by Gasteiger charge is -2.24. The number of likely N-dealkylation sites (N-methyl/N-ethyl adjacent to an activating group) is 1. The molecule has 0 atom stereocenters. The Bertz CT molecular complexity index is 852. The Balaban J connectivity index is 1.81. The van der Waals surface area contributed by atoms with Crippen molar-refractivity contribution in [2.24, 2.45) is 0 Å². The van der Waals surface area contributed by atoms with Gasteiger partial charge < -0.3 is 4.90 Å². The minimum absolute atomic E-state index is 0.876. The van der Waals surface area contributed by atoms with Crippen LogP contribution >= 0.6 is 0 Å². The second-order valence-corrected chi connectivity index (χ2v) is 7.57. The first-order valence-electron chi connectivity index (χ1n) is 9.54. The number of aromatic amines is 1. The SMILES string of the molecule is Cc1ccc(-c2[nH]ncc2CN(CCN(C)C)Cc2ccccc2)cc1C. The Labute approximate surface area is 162 Å². The van der Waals surface area contributed by atoms with Gasteiger partial charge in [-0.25, -0.2) is 0 Å². The van der Waals surface area contributed by atoms with Crippen molar-refractivity contribution < 1.29 is 0 Å². The zero-order chi connectivity index (χ0) is 19.2. The molecule has 0 amide bonds. The minimum atomic E-state index is 0.876. The van der Waals surface area contributed by atoms with Crippen LogP contribution < -0.4 is 0 Å². The zero-order valence-electron chi connectivity index (χ0n) is 16.9. The molecule has 0 aliphatic carbocycles. The van der Waals surface area contributed by atoms with E-state index in [0.29, 0.717) is 0 Å². The van der Waals surface area contributed by atoms with E-state index in [4.69, 9.17) is 0 Å². The standard InChI is InChI=1S/C23H30N4/c1-18-10-11-21(14-19(18)2)23-22(15-24-25-23)17-27(13-12-26(3)4)16-20-8-6-5-7-9-20/h5-11,14-15H,12-13,16-17H2,1-4H3,(H,24,25). The van der Waals surface area contributed by atoms with Gasteiger partial charge in [-0.2, -0.15) is 5.10 Å². The van der Waals surface area contributed by atoms with Gasteiger partial charge in [-0.05, 0) is 50.7 Å². The van der Waals surface area contributed by atoms with Gasteiger partial charge in [-0.3, -0.25) is 10.00 Å². The normalized spacial score (nSPS) is 11.5. The summed E-state index contributed by atoms with van der Waals surface area (Å²) in [6.07, 6.45) is 1.97. The molecule has 0 saturated heterocycles. The van der Waals surface area contributed by atoms with E-state index in [1.807, 2.05) is 6.20 Å². The molecule has 0 aliphatic heterocycles. The maximum atomic E-state index is 4.34. The first-order valence-corrected chi connectivity index (χ1v) is 9.54. The minimum Gasteiger partial charge on any atom is -0.308 e. The molecule has 0 radical (unpaired) electrons. The number of nitrogens with one attached hydrogen (secondary N) is 1. The number of hydrogen-bond donors (Lipinski definition) is 1. The number of benzene rings is 2. The van der Waals surface area contributed by atoms with Gasteiger partial charge in [0.2, 0.25) is 0 Å². The summed E-state index contributed by atoms with van der Waals surface area (Å²) in [4.78, 5) is 4.72. The van der Waals surface area contributed by atoms with E-state index < -0.39 is 0 Å². The molecule has 0 unspecified atom stereocenters. The molecule has 0 bridgehead atoms. The predicted molar refractivity (Wildman–Crippen MR) is 113 cm³/mol. The summed E-state index contributed by atoms with van der Waals surface area (Å²) in [5.41, 5.74) is 7.54. The number of aryl methyl sites for hydroxylation is 2. The second kappa shape index (κ2) is 8.98. The average molecular weight is 363 g/mol. The Kier molecular flexibility index (Phi) is 6.43. The maximum Gasteiger partial charge on any atom is 0.0695 e. The van der Waals surface area contributed by atoms with Crippen LogP contribution in [-0.4, -0.2) is 47.2 Å². The fourth-order valence-electron chi connectivity index (χ4n) is 3.22. The van der Waals surface area contributed by atoms with Crippen molar-refractivity contribution in [1.29, 1.82) is 0 Å². The molecule has 2 aromatic carbocycles. The lowest BCUT2D eigenvalue weighted by molar-refractivity contribution is 0.226. The molecular formula is C23H30N4. The molecule has 27 heavy (non-hydrogen) atoms. The maximum absolute atomic E-state index is 4.34. The third-order valence-corrected chi connectivity index (χ3v) is 5.02. The smallest absolute Gasteiger partial charge is 0.0695 e. The zero-order valence-corrected chi connectivity index (χ0v) is 16.9. The highest BCUT2D eigenvalue weighted by Gasteiger charge is 2.14. The van der Waals surface area contributed by atoms with Gasteiger partial charge in [0, 0.05) is 37.3 Å². The molecule has 0 aliphatic rings. The molecule has 0 spiro atoms. The third kappa shape index (κ3) is 5.28. The van der Waals surface area contributed by atoms with Crippen molar-refractivity contribution >= 4 is 0 Å². The molecule has 3 rings (SSSR count). The molecule has 1 aromatic heterocycles. The van der Waals surface area contributed by atoms with E-state index in [1.54, 1.807) is 0 Å². The van der Waals surface area contributed by atoms with Crippen LogP contribution in [0.25, 0.3) is 11.3 Å². The topological polar surface area (TPSA) is 35.2 Å². The van der Waals surface area contributed by atoms with Crippen LogP contribution in [-0.2, 0) is 13.1 Å². The predicted octanol–water partition coefficient (Wildman–Crippen LogP) is 4.26. The van der Waals surface area contributed by atoms with Crippen LogP contribution in [0.5, 0.6) is 0 Å². The molecule has 4 heteroatoms. The third-order valence-electron chi connectivity index (χ3n) is 5.02. The second-order valence-electron chi connectivity index (χ2n) is 7.57. The largest absolute Gasteiger partial charge is 0.308 e. The highest BCUT2D eigenvalue weighted by molar-refractivity contribution is 5.64. The van der Waals surface area contributed by atoms with E-state index >= 15 is 0 Å². The van der Waals surface area contributed by atoms with Gasteiger partial charge >= 0.3 is 0 Å². The van der Waals surface area contributed by atoms with Gasteiger partial charge in [0.15, 0.2) is 0 Å². The lowest BCUT2D eigenvalue weighted by Crippen LogP contribution is -2.31. The Hall–Kier alpha value is -2.43. The molecule has 3 aromatic rings. The number of hydrogen-bond acceptors (Lipinski definition) is 3. The summed E-state index contributed by atoms with van der Waals surface area (Å²) in [5.74, 6) is 0. The summed E-state index contributed by atoms with van der Waals surface area (Å²) in [6.45, 7) is 8.17. The van der Waals surface area contributed by atoms with Gasteiger partial charge in [-0.1, -0.05) is 42.5 Å². The van der Waals surface area contributed by atoms with Crippen molar-refractivity contribution in [2.45, 2.75) is 26.9 Å². The number of nitrogens with zero attached hydrogens (tertiary/aromatic N) is 3. The van der Waals surface area contributed by atoms with Gasteiger partial charge in [0.1, 0.15) is 0 Å². The summed E-state index contributed by atoms with van der Waals surface area (Å²) < 4.78 is 0. The van der Waals surface area contributed by atoms with E-state index in [0.717, 1.165) is 31.9 Å². The van der Waals surface area contributed by atoms with E-state index in [-0.39, 0.29) is 0 Å². The van der Waals surface area contributed by atoms with Crippen LogP contribution in [0.1, 0.15) is 22.3 Å². The van der Waals surface area contributed by atoms with Crippen molar-refractivity contribution in [2.75, 3.05) is 27.2 Å². The van der Waals surface area contributed by atoms with Crippen LogP contribution in [0.4, 0.5) is 0 Å². The van der Waals surface area contributed by atoms with E-state index in [9.17, 15) is 0 Å². The van der Waals surface area contributed by atoms with Crippen LogP contribution in [0.3, 0.4) is 0 Å². The highest BCUT2D eigenvalue weighted by Crippen LogP contribution is 2.25. The van der Waals surface area contributed by atoms with Gasteiger partial charge in [0.25, 0.3) is 0 Å². The fraction of sp³-hybridized carbons (Fsp3) is 0.348. The molecule has 1 N–H and O–H groups in total. The first-order chi connectivity index (χ1) is 13.0. The molecule has 0 saturated carbocycles. The number of rotatable bonds is 8. The molecule has 1 heterocycles. The summed E-state index contributed by atoms with van der Waals surface area (Å²) in [5, 5.41) is 7.56. The first kappa shape index (κ1) is 19.3. The Morgan fingerprint density at radius 3 is 2.37 bits per heavy atom. The van der Waals surface area contributed by atoms with Crippen LogP contribution in [0.2, 0.25) is 0 Å². The monoisotopic (exact) mass is 362 g/mol. The number of aromatic nitrogens is 2. The van der Waals surface area contributed by atoms with Gasteiger partial charge in [-0.15, -0.1) is 0 Å². The van der Waals surface area contributed by atoms with Crippen molar-refractivity contribution in [1.82, 2.24) is 20.0 Å². The molecular weight excluding hydrogens is 332 g/mol. The highest BCUT2D eigenvalue weighted by atomic mass is 15.2. The fourth-order valence-corrected chi connectivity index (χ4v) is 3.22. The lowest BCUT2D eigenvalue weighted by atomic mass is 10.0. The summed E-state index contributed by atoms with van der Waals surface area (Å²) in [7, 11) is 4.25. The van der Waals surface area contributed by atoms with Crippen molar-refractivity contribution in [3.05, 3.63) is 77.0 Å². The average Bonchev–Trinajstić information content (AvgIpc) is 3.11. The summed E-state index contributed by atoms with van der Waals surface area (Å²) >= 11 is 0. The molecule has 142 valence electrons. The van der Waals surface area contributed by atoms with Crippen molar-refractivity contribution in [3.63, 3.8) is 0 Å². The Morgan fingerprint density at radius 2 is 1.67 bits per heavy atom. The number of H-pyrrole nitrogens is 1. The quantitative estimate of drug-likeness (QED) is 0.650. The molecule has 0 fully saturated rings. The summed E-state index contributed by atoms with van der Waals surface area (Å²) in [6, 6.07) is 17.3. The van der Waals surface area contributed by atoms with Crippen LogP contribution in [0.15, 0.2) is 54.7 Å². The van der Waals surface area contributed by atoms with E-state index in [2.05, 4.69) is 96.5 Å².